The number of hydrogen-bond donors (Lipinski definition) is 2. The van der Waals surface area contributed by atoms with Crippen LogP contribution >= 0.6 is 11.6 Å². The third-order valence-electron chi connectivity index (χ3n) is 2.93. The molecule has 0 bridgehead atoms. The molecule has 0 unspecified atom stereocenters. The van der Waals surface area contributed by atoms with Crippen LogP contribution in [0.3, 0.4) is 0 Å². The van der Waals surface area contributed by atoms with Gasteiger partial charge in [-0.3, -0.25) is 14.8 Å². The van der Waals surface area contributed by atoms with Gasteiger partial charge >= 0.3 is 0 Å². The van der Waals surface area contributed by atoms with Crippen LogP contribution in [0.4, 0.5) is 17.1 Å². The summed E-state index contributed by atoms with van der Waals surface area (Å²) in [6.07, 6.45) is 0. The quantitative estimate of drug-likeness (QED) is 0.504. The van der Waals surface area contributed by atoms with E-state index in [9.17, 15) is 18.5 Å². The Bertz CT molecular complexity index is 852. The Kier molecular flexibility index (Phi) is 4.25. The number of nitro groups is 1. The van der Waals surface area contributed by atoms with Crippen molar-refractivity contribution in [1.29, 1.82) is 0 Å². The second-order valence-electron chi connectivity index (χ2n) is 4.55. The molecule has 0 heterocycles. The van der Waals surface area contributed by atoms with E-state index in [2.05, 4.69) is 4.72 Å². The number of nitro benzene ring substituents is 1. The summed E-state index contributed by atoms with van der Waals surface area (Å²) < 4.78 is 26.8. The third-order valence-corrected chi connectivity index (χ3v) is 4.72. The predicted molar refractivity (Wildman–Crippen MR) is 84.5 cm³/mol. The lowest BCUT2D eigenvalue weighted by Crippen LogP contribution is -2.13. The van der Waals surface area contributed by atoms with Crippen LogP contribution in [0.15, 0.2) is 41.3 Å². The fourth-order valence-electron chi connectivity index (χ4n) is 1.72. The van der Waals surface area contributed by atoms with E-state index in [4.69, 9.17) is 17.3 Å². The van der Waals surface area contributed by atoms with Crippen molar-refractivity contribution in [3.05, 3.63) is 57.1 Å². The molecule has 0 spiro atoms. The van der Waals surface area contributed by atoms with Gasteiger partial charge in [0.2, 0.25) is 0 Å². The van der Waals surface area contributed by atoms with Crippen LogP contribution in [0.25, 0.3) is 0 Å². The highest BCUT2D eigenvalue weighted by Crippen LogP contribution is 2.27. The smallest absolute Gasteiger partial charge is 0.294 e. The summed E-state index contributed by atoms with van der Waals surface area (Å²) in [5.41, 5.74) is 5.82. The average molecular weight is 342 g/mol. The molecular formula is C13H12ClN3O4S. The van der Waals surface area contributed by atoms with Crippen molar-refractivity contribution >= 4 is 38.7 Å². The van der Waals surface area contributed by atoms with Crippen molar-refractivity contribution < 1.29 is 13.3 Å². The van der Waals surface area contributed by atoms with Gasteiger partial charge in [-0.15, -0.1) is 0 Å². The molecule has 0 radical (unpaired) electrons. The topological polar surface area (TPSA) is 115 Å². The van der Waals surface area contributed by atoms with E-state index < -0.39 is 14.9 Å². The summed E-state index contributed by atoms with van der Waals surface area (Å²) in [5.74, 6) is 0. The Hall–Kier alpha value is -2.32. The molecule has 0 aliphatic heterocycles. The van der Waals surface area contributed by atoms with Gasteiger partial charge in [0.1, 0.15) is 5.69 Å². The molecule has 0 aromatic heterocycles. The average Bonchev–Trinajstić information content (AvgIpc) is 2.43. The fraction of sp³-hybridized carbons (Fsp3) is 0.0769. The van der Waals surface area contributed by atoms with Crippen molar-refractivity contribution in [3.8, 4) is 0 Å². The summed E-state index contributed by atoms with van der Waals surface area (Å²) >= 11 is 5.91. The summed E-state index contributed by atoms with van der Waals surface area (Å²) in [6, 6.07) is 7.94. The number of aryl methyl sites for hydroxylation is 1. The largest absolute Gasteiger partial charge is 0.393 e. The van der Waals surface area contributed by atoms with Crippen molar-refractivity contribution in [2.45, 2.75) is 11.8 Å². The lowest BCUT2D eigenvalue weighted by Gasteiger charge is -2.09. The first-order chi connectivity index (χ1) is 10.2. The van der Waals surface area contributed by atoms with E-state index in [-0.39, 0.29) is 22.0 Å². The molecule has 3 N–H and O–H groups in total. The number of nitrogens with one attached hydrogen (secondary N) is 1. The van der Waals surface area contributed by atoms with E-state index in [1.165, 1.54) is 24.3 Å². The van der Waals surface area contributed by atoms with Gasteiger partial charge < -0.3 is 5.73 Å². The number of anilines is 2. The van der Waals surface area contributed by atoms with Gasteiger partial charge in [-0.1, -0.05) is 17.7 Å². The Morgan fingerprint density at radius 1 is 1.23 bits per heavy atom. The van der Waals surface area contributed by atoms with Gasteiger partial charge in [0.05, 0.1) is 15.5 Å². The van der Waals surface area contributed by atoms with Crippen molar-refractivity contribution in [3.63, 3.8) is 0 Å². The van der Waals surface area contributed by atoms with E-state index in [0.717, 1.165) is 11.6 Å². The number of nitrogens with zero attached hydrogens (tertiary/aromatic N) is 1. The molecule has 9 heteroatoms. The number of rotatable bonds is 4. The van der Waals surface area contributed by atoms with Crippen molar-refractivity contribution in [2.75, 3.05) is 10.5 Å². The van der Waals surface area contributed by atoms with E-state index in [0.29, 0.717) is 5.02 Å². The molecule has 0 atom stereocenters. The first kappa shape index (κ1) is 16.1. The van der Waals surface area contributed by atoms with E-state index in [1.807, 2.05) is 0 Å². The minimum Gasteiger partial charge on any atom is -0.393 e. The Morgan fingerprint density at radius 3 is 2.50 bits per heavy atom. The number of hydrogen-bond acceptors (Lipinski definition) is 5. The molecule has 0 saturated heterocycles. The molecule has 0 aliphatic carbocycles. The molecular weight excluding hydrogens is 330 g/mol. The summed E-state index contributed by atoms with van der Waals surface area (Å²) in [6.45, 7) is 1.75. The van der Waals surface area contributed by atoms with Crippen LogP contribution in [0.1, 0.15) is 5.56 Å². The number of benzene rings is 2. The van der Waals surface area contributed by atoms with Crippen molar-refractivity contribution in [2.24, 2.45) is 0 Å². The summed E-state index contributed by atoms with van der Waals surface area (Å²) in [7, 11) is -3.91. The molecule has 116 valence electrons. The zero-order valence-electron chi connectivity index (χ0n) is 11.4. The van der Waals surface area contributed by atoms with Crippen LogP contribution < -0.4 is 10.5 Å². The highest BCUT2D eigenvalue weighted by atomic mass is 35.5. The fourth-order valence-corrected chi connectivity index (χ4v) is 3.04. The molecule has 2 aromatic carbocycles. The molecule has 7 nitrogen and oxygen atoms in total. The monoisotopic (exact) mass is 341 g/mol. The standard InChI is InChI=1S/C13H12ClN3O4S/c1-8-2-4-10(7-11(8)14)22(20,21)16-9-3-5-12(15)13(6-9)17(18)19/h2-7,16H,15H2,1H3. The molecule has 22 heavy (non-hydrogen) atoms. The highest BCUT2D eigenvalue weighted by Gasteiger charge is 2.18. The molecule has 0 saturated carbocycles. The maximum atomic E-state index is 12.3. The number of nitrogen functional groups attached to an aromatic ring is 1. The summed E-state index contributed by atoms with van der Waals surface area (Å²) in [5, 5.41) is 11.1. The first-order valence-electron chi connectivity index (χ1n) is 6.03. The van der Waals surface area contributed by atoms with Gasteiger partial charge in [0.25, 0.3) is 15.7 Å². The SMILES string of the molecule is Cc1ccc(S(=O)(=O)Nc2ccc(N)c([N+](=O)[O-])c2)cc1Cl. The predicted octanol–water partition coefficient (Wildman–Crippen LogP) is 2.94. The van der Waals surface area contributed by atoms with Crippen LogP contribution in [-0.4, -0.2) is 13.3 Å². The zero-order chi connectivity index (χ0) is 16.5. The van der Waals surface area contributed by atoms with Gasteiger partial charge in [0.15, 0.2) is 0 Å². The second-order valence-corrected chi connectivity index (χ2v) is 6.64. The number of nitrogens with two attached hydrogens (primary N) is 1. The van der Waals surface area contributed by atoms with Crippen molar-refractivity contribution in [1.82, 2.24) is 0 Å². The van der Waals surface area contributed by atoms with Crippen LogP contribution in [0.5, 0.6) is 0 Å². The molecule has 0 fully saturated rings. The van der Waals surface area contributed by atoms with Gasteiger partial charge in [-0.05, 0) is 36.8 Å². The maximum Gasteiger partial charge on any atom is 0.294 e. The zero-order valence-corrected chi connectivity index (χ0v) is 13.0. The van der Waals surface area contributed by atoms with E-state index >= 15 is 0 Å². The normalized spacial score (nSPS) is 11.2. The maximum absolute atomic E-state index is 12.3. The lowest BCUT2D eigenvalue weighted by atomic mass is 10.2. The molecule has 2 rings (SSSR count). The van der Waals surface area contributed by atoms with Gasteiger partial charge in [0, 0.05) is 11.1 Å². The highest BCUT2D eigenvalue weighted by molar-refractivity contribution is 7.92. The van der Waals surface area contributed by atoms with Crippen LogP contribution in [-0.2, 0) is 10.0 Å². The number of sulfonamides is 1. The van der Waals surface area contributed by atoms with E-state index in [1.54, 1.807) is 13.0 Å². The summed E-state index contributed by atoms with van der Waals surface area (Å²) in [4.78, 5) is 10.1. The molecule has 0 aliphatic rings. The Morgan fingerprint density at radius 2 is 1.91 bits per heavy atom. The van der Waals surface area contributed by atoms with Crippen LogP contribution in [0, 0.1) is 17.0 Å². The Balaban J connectivity index is 2.38. The molecule has 2 aromatic rings. The number of halogens is 1. The second kappa shape index (κ2) is 5.82. The minimum atomic E-state index is -3.91. The molecule has 0 amide bonds. The lowest BCUT2D eigenvalue weighted by molar-refractivity contribution is -0.383. The Labute approximate surface area is 131 Å². The van der Waals surface area contributed by atoms with Gasteiger partial charge in [-0.25, -0.2) is 8.42 Å². The minimum absolute atomic E-state index is 0.0393. The van der Waals surface area contributed by atoms with Gasteiger partial charge in [-0.2, -0.15) is 0 Å². The van der Waals surface area contributed by atoms with Crippen LogP contribution in [0.2, 0.25) is 5.02 Å². The first-order valence-corrected chi connectivity index (χ1v) is 7.90. The third kappa shape index (κ3) is 3.29.